The highest BCUT2D eigenvalue weighted by Gasteiger charge is 2.10. The van der Waals surface area contributed by atoms with Crippen molar-refractivity contribution < 1.29 is 9.47 Å². The molecule has 0 saturated heterocycles. The SMILES string of the molecule is CCOc1cc(/C=N/Nc2ccc(C)c(C)c2)cc(Cl)c1OC. The first kappa shape index (κ1) is 17.2. The van der Waals surface area contributed by atoms with E-state index in [1.54, 1.807) is 19.4 Å². The third-order valence-corrected chi connectivity index (χ3v) is 3.73. The summed E-state index contributed by atoms with van der Waals surface area (Å²) in [4.78, 5) is 0. The summed E-state index contributed by atoms with van der Waals surface area (Å²) in [7, 11) is 1.57. The molecule has 2 aromatic carbocycles. The Kier molecular flexibility index (Phi) is 5.88. The van der Waals surface area contributed by atoms with Gasteiger partial charge in [0.2, 0.25) is 0 Å². The monoisotopic (exact) mass is 332 g/mol. The van der Waals surface area contributed by atoms with Crippen molar-refractivity contribution in [2.75, 3.05) is 19.1 Å². The lowest BCUT2D eigenvalue weighted by molar-refractivity contribution is 0.311. The van der Waals surface area contributed by atoms with E-state index in [0.717, 1.165) is 11.3 Å². The molecule has 0 fully saturated rings. The predicted octanol–water partition coefficient (Wildman–Crippen LogP) is 4.81. The molecule has 122 valence electrons. The lowest BCUT2D eigenvalue weighted by Gasteiger charge is -2.11. The lowest BCUT2D eigenvalue weighted by Crippen LogP contribution is -1.98. The molecule has 2 aromatic rings. The summed E-state index contributed by atoms with van der Waals surface area (Å²) >= 11 is 6.22. The average molecular weight is 333 g/mol. The van der Waals surface area contributed by atoms with Crippen molar-refractivity contribution >= 4 is 23.5 Å². The molecule has 0 bridgehead atoms. The Labute approximate surface area is 142 Å². The molecule has 2 rings (SSSR count). The second-order valence-electron chi connectivity index (χ2n) is 5.14. The molecular formula is C18H21ClN2O2. The number of anilines is 1. The summed E-state index contributed by atoms with van der Waals surface area (Å²) in [5.41, 5.74) is 7.25. The zero-order chi connectivity index (χ0) is 16.8. The molecule has 0 aliphatic rings. The van der Waals surface area contributed by atoms with Crippen molar-refractivity contribution in [1.82, 2.24) is 0 Å². The molecule has 0 saturated carbocycles. The van der Waals surface area contributed by atoms with Crippen LogP contribution >= 0.6 is 11.6 Å². The Morgan fingerprint density at radius 3 is 2.61 bits per heavy atom. The van der Waals surface area contributed by atoms with Crippen molar-refractivity contribution in [1.29, 1.82) is 0 Å². The highest BCUT2D eigenvalue weighted by molar-refractivity contribution is 6.32. The van der Waals surface area contributed by atoms with Crippen LogP contribution in [0.4, 0.5) is 5.69 Å². The first-order valence-corrected chi connectivity index (χ1v) is 7.79. The number of ether oxygens (including phenoxy) is 2. The summed E-state index contributed by atoms with van der Waals surface area (Å²) in [6, 6.07) is 9.74. The van der Waals surface area contributed by atoms with Gasteiger partial charge >= 0.3 is 0 Å². The Balaban J connectivity index is 2.17. The van der Waals surface area contributed by atoms with Gasteiger partial charge in [0.05, 0.1) is 30.6 Å². The molecule has 0 aliphatic carbocycles. The summed E-state index contributed by atoms with van der Waals surface area (Å²) in [5, 5.41) is 4.74. The van der Waals surface area contributed by atoms with E-state index in [1.165, 1.54) is 11.1 Å². The van der Waals surface area contributed by atoms with Crippen molar-refractivity contribution in [2.45, 2.75) is 20.8 Å². The number of aryl methyl sites for hydroxylation is 2. The van der Waals surface area contributed by atoms with Crippen LogP contribution < -0.4 is 14.9 Å². The fourth-order valence-corrected chi connectivity index (χ4v) is 2.41. The Hall–Kier alpha value is -2.20. The summed E-state index contributed by atoms with van der Waals surface area (Å²) in [5.74, 6) is 1.14. The minimum Gasteiger partial charge on any atom is -0.491 e. The number of hydrazone groups is 1. The van der Waals surface area contributed by atoms with E-state index in [1.807, 2.05) is 19.1 Å². The third-order valence-electron chi connectivity index (χ3n) is 3.45. The molecular weight excluding hydrogens is 312 g/mol. The van der Waals surface area contributed by atoms with E-state index < -0.39 is 0 Å². The van der Waals surface area contributed by atoms with Gasteiger partial charge in [0, 0.05) is 0 Å². The number of benzene rings is 2. The third kappa shape index (κ3) is 4.39. The van der Waals surface area contributed by atoms with Crippen LogP contribution in [0.15, 0.2) is 35.4 Å². The number of hydrogen-bond donors (Lipinski definition) is 1. The molecule has 5 heteroatoms. The average Bonchev–Trinajstić information content (AvgIpc) is 2.51. The topological polar surface area (TPSA) is 42.8 Å². The van der Waals surface area contributed by atoms with Gasteiger partial charge in [0.1, 0.15) is 0 Å². The van der Waals surface area contributed by atoms with Gasteiger partial charge in [-0.05, 0) is 61.7 Å². The molecule has 0 heterocycles. The molecule has 0 amide bonds. The van der Waals surface area contributed by atoms with Crippen LogP contribution in [-0.4, -0.2) is 19.9 Å². The Morgan fingerprint density at radius 2 is 1.96 bits per heavy atom. The van der Waals surface area contributed by atoms with Gasteiger partial charge in [0.25, 0.3) is 0 Å². The smallest absolute Gasteiger partial charge is 0.179 e. The van der Waals surface area contributed by atoms with Gasteiger partial charge in [-0.3, -0.25) is 5.43 Å². The number of hydrogen-bond acceptors (Lipinski definition) is 4. The van der Waals surface area contributed by atoms with Gasteiger partial charge in [0.15, 0.2) is 11.5 Å². The van der Waals surface area contributed by atoms with Gasteiger partial charge in [-0.2, -0.15) is 5.10 Å². The first-order chi connectivity index (χ1) is 11.0. The molecule has 4 nitrogen and oxygen atoms in total. The molecule has 0 spiro atoms. The minimum atomic E-state index is 0.492. The van der Waals surface area contributed by atoms with Crippen LogP contribution in [-0.2, 0) is 0 Å². The highest BCUT2D eigenvalue weighted by Crippen LogP contribution is 2.35. The van der Waals surface area contributed by atoms with Crippen molar-refractivity contribution in [3.63, 3.8) is 0 Å². The first-order valence-electron chi connectivity index (χ1n) is 7.41. The number of nitrogens with one attached hydrogen (secondary N) is 1. The predicted molar refractivity (Wildman–Crippen MR) is 96.3 cm³/mol. The maximum Gasteiger partial charge on any atom is 0.179 e. The molecule has 0 radical (unpaired) electrons. The van der Waals surface area contributed by atoms with Crippen molar-refractivity contribution in [2.24, 2.45) is 5.10 Å². The van der Waals surface area contributed by atoms with E-state index in [2.05, 4.69) is 36.5 Å². The van der Waals surface area contributed by atoms with Crippen LogP contribution in [0.25, 0.3) is 0 Å². The van der Waals surface area contributed by atoms with Crippen LogP contribution in [0.1, 0.15) is 23.6 Å². The zero-order valence-corrected chi connectivity index (χ0v) is 14.6. The normalized spacial score (nSPS) is 10.8. The van der Waals surface area contributed by atoms with Gasteiger partial charge in [-0.1, -0.05) is 17.7 Å². The summed E-state index contributed by atoms with van der Waals surface area (Å²) in [6.07, 6.45) is 1.70. The molecule has 0 atom stereocenters. The second-order valence-corrected chi connectivity index (χ2v) is 5.54. The van der Waals surface area contributed by atoms with Gasteiger partial charge < -0.3 is 9.47 Å². The maximum atomic E-state index is 6.22. The number of methoxy groups -OCH3 is 1. The van der Waals surface area contributed by atoms with Crippen LogP contribution in [0.3, 0.4) is 0 Å². The van der Waals surface area contributed by atoms with Gasteiger partial charge in [-0.25, -0.2) is 0 Å². The molecule has 0 unspecified atom stereocenters. The van der Waals surface area contributed by atoms with Crippen LogP contribution in [0, 0.1) is 13.8 Å². The fraction of sp³-hybridized carbons (Fsp3) is 0.278. The standard InChI is InChI=1S/C18H21ClN2O2/c1-5-23-17-10-14(9-16(19)18(17)22-4)11-20-21-15-7-6-12(2)13(3)8-15/h6-11,21H,5H2,1-4H3/b20-11+. The van der Waals surface area contributed by atoms with E-state index in [4.69, 9.17) is 21.1 Å². The summed E-state index contributed by atoms with van der Waals surface area (Å²) in [6.45, 7) is 6.60. The van der Waals surface area contributed by atoms with Crippen LogP contribution in [0.2, 0.25) is 5.02 Å². The maximum absolute atomic E-state index is 6.22. The molecule has 0 aromatic heterocycles. The van der Waals surface area contributed by atoms with E-state index in [9.17, 15) is 0 Å². The number of rotatable bonds is 6. The van der Waals surface area contributed by atoms with E-state index in [0.29, 0.717) is 23.1 Å². The Bertz CT molecular complexity index is 714. The van der Waals surface area contributed by atoms with Crippen LogP contribution in [0.5, 0.6) is 11.5 Å². The molecule has 23 heavy (non-hydrogen) atoms. The molecule has 0 aliphatic heterocycles. The Morgan fingerprint density at radius 1 is 1.17 bits per heavy atom. The van der Waals surface area contributed by atoms with E-state index >= 15 is 0 Å². The zero-order valence-electron chi connectivity index (χ0n) is 13.8. The largest absolute Gasteiger partial charge is 0.491 e. The summed E-state index contributed by atoms with van der Waals surface area (Å²) < 4.78 is 10.8. The number of halogens is 1. The van der Waals surface area contributed by atoms with E-state index in [-0.39, 0.29) is 0 Å². The second kappa shape index (κ2) is 7.88. The molecule has 1 N–H and O–H groups in total. The highest BCUT2D eigenvalue weighted by atomic mass is 35.5. The van der Waals surface area contributed by atoms with Crippen molar-refractivity contribution in [3.8, 4) is 11.5 Å². The van der Waals surface area contributed by atoms with Crippen molar-refractivity contribution in [3.05, 3.63) is 52.0 Å². The lowest BCUT2D eigenvalue weighted by atomic mass is 10.1. The van der Waals surface area contributed by atoms with Gasteiger partial charge in [-0.15, -0.1) is 0 Å². The minimum absolute atomic E-state index is 0.492. The number of nitrogens with zero attached hydrogens (tertiary/aromatic N) is 1. The fourth-order valence-electron chi connectivity index (χ4n) is 2.12. The quantitative estimate of drug-likeness (QED) is 0.609.